The second kappa shape index (κ2) is 6.83. The molecule has 4 nitrogen and oxygen atoms in total. The molecule has 0 atom stereocenters. The fourth-order valence-electron chi connectivity index (χ4n) is 2.38. The number of rotatable bonds is 2. The summed E-state index contributed by atoms with van der Waals surface area (Å²) < 4.78 is 13.8. The van der Waals surface area contributed by atoms with E-state index < -0.39 is 0 Å². The molecule has 1 aromatic rings. The van der Waals surface area contributed by atoms with Gasteiger partial charge in [-0.3, -0.25) is 0 Å². The lowest BCUT2D eigenvalue weighted by Gasteiger charge is -2.34. The fraction of sp³-hybridized carbons (Fsp3) is 0.500. The van der Waals surface area contributed by atoms with E-state index in [9.17, 15) is 9.18 Å². The molecule has 0 bridgehead atoms. The molecule has 0 unspecified atom stereocenters. The average Bonchev–Trinajstić information content (AvgIpc) is 2.42. The Morgan fingerprint density at radius 1 is 1.43 bits per heavy atom. The largest absolute Gasteiger partial charge is 0.380 e. The van der Waals surface area contributed by atoms with Crippen LogP contribution in [0.25, 0.3) is 0 Å². The van der Waals surface area contributed by atoms with E-state index in [2.05, 4.69) is 21.2 Å². The van der Waals surface area contributed by atoms with Crippen molar-refractivity contribution >= 4 is 39.2 Å². The van der Waals surface area contributed by atoms with Crippen LogP contribution >= 0.6 is 27.5 Å². The summed E-state index contributed by atoms with van der Waals surface area (Å²) in [6, 6.07) is 2.93. The highest BCUT2D eigenvalue weighted by molar-refractivity contribution is 9.10. The van der Waals surface area contributed by atoms with Crippen molar-refractivity contribution in [3.8, 4) is 0 Å². The zero-order valence-corrected chi connectivity index (χ0v) is 14.3. The molecule has 0 saturated carbocycles. The number of hydrogen-bond acceptors (Lipinski definition) is 2. The van der Waals surface area contributed by atoms with Crippen LogP contribution in [0.4, 0.5) is 14.9 Å². The van der Waals surface area contributed by atoms with Gasteiger partial charge in [-0.05, 0) is 40.9 Å². The number of likely N-dealkylation sites (tertiary alicyclic amines) is 1. The minimum Gasteiger partial charge on any atom is -0.380 e. The van der Waals surface area contributed by atoms with Gasteiger partial charge < -0.3 is 15.1 Å². The van der Waals surface area contributed by atoms with Crippen LogP contribution in [-0.4, -0.2) is 49.1 Å². The molecule has 1 N–H and O–H groups in total. The summed E-state index contributed by atoms with van der Waals surface area (Å²) in [5.41, 5.74) is 0.704. The number of halogens is 3. The number of piperidine rings is 1. The van der Waals surface area contributed by atoms with E-state index in [1.54, 1.807) is 19.0 Å². The van der Waals surface area contributed by atoms with Crippen molar-refractivity contribution in [3.05, 3.63) is 27.4 Å². The molecule has 1 saturated heterocycles. The average molecular weight is 379 g/mol. The maximum absolute atomic E-state index is 13.2. The first-order valence-electron chi connectivity index (χ1n) is 6.76. The van der Waals surface area contributed by atoms with Crippen LogP contribution in [0.5, 0.6) is 0 Å². The number of amides is 2. The Hall–Kier alpha value is -1.01. The highest BCUT2D eigenvalue weighted by Gasteiger charge is 2.24. The zero-order valence-electron chi connectivity index (χ0n) is 12.0. The van der Waals surface area contributed by atoms with Crippen LogP contribution < -0.4 is 5.32 Å². The van der Waals surface area contributed by atoms with Crippen molar-refractivity contribution < 1.29 is 9.18 Å². The maximum Gasteiger partial charge on any atom is 0.319 e. The van der Waals surface area contributed by atoms with E-state index in [1.165, 1.54) is 12.1 Å². The van der Waals surface area contributed by atoms with Crippen LogP contribution in [0, 0.1) is 5.82 Å². The Bertz CT molecular complexity index is 510. The van der Waals surface area contributed by atoms with Gasteiger partial charge in [-0.15, -0.1) is 0 Å². The summed E-state index contributed by atoms with van der Waals surface area (Å²) in [5.74, 6) is -0.371. The minimum absolute atomic E-state index is 0.0365. The summed E-state index contributed by atoms with van der Waals surface area (Å²) in [4.78, 5) is 15.3. The van der Waals surface area contributed by atoms with E-state index in [-0.39, 0.29) is 17.9 Å². The van der Waals surface area contributed by atoms with E-state index in [0.29, 0.717) is 28.3 Å². The summed E-state index contributed by atoms with van der Waals surface area (Å²) >= 11 is 9.39. The van der Waals surface area contributed by atoms with Crippen LogP contribution in [-0.2, 0) is 0 Å². The molecule has 0 aromatic heterocycles. The molecule has 7 heteroatoms. The molecule has 2 rings (SSSR count). The predicted octanol–water partition coefficient (Wildman–Crippen LogP) is 3.80. The third kappa shape index (κ3) is 4.01. The van der Waals surface area contributed by atoms with Gasteiger partial charge in [-0.2, -0.15) is 0 Å². The van der Waals surface area contributed by atoms with Gasteiger partial charge in [0.25, 0.3) is 0 Å². The standard InChI is InChI=1S/C14H18BrClFN3O/c1-19(2)14(21)20-5-3-10(4-6-20)18-13-11(15)7-9(17)8-12(13)16/h7-8,10,18H,3-6H2,1-2H3. The van der Waals surface area contributed by atoms with Crippen LogP contribution in [0.2, 0.25) is 5.02 Å². The Morgan fingerprint density at radius 3 is 2.57 bits per heavy atom. The molecule has 2 amide bonds. The van der Waals surface area contributed by atoms with Gasteiger partial charge in [0.05, 0.1) is 10.7 Å². The molecule has 1 fully saturated rings. The molecule has 0 aliphatic carbocycles. The third-order valence-corrected chi connectivity index (χ3v) is 4.43. The molecular formula is C14H18BrClFN3O. The first kappa shape index (κ1) is 16.4. The number of nitrogens with zero attached hydrogens (tertiary/aromatic N) is 2. The van der Waals surface area contributed by atoms with Gasteiger partial charge in [-0.25, -0.2) is 9.18 Å². The van der Waals surface area contributed by atoms with Gasteiger partial charge in [0.15, 0.2) is 0 Å². The fourth-order valence-corrected chi connectivity index (χ4v) is 3.30. The van der Waals surface area contributed by atoms with Crippen LogP contribution in [0.1, 0.15) is 12.8 Å². The predicted molar refractivity (Wildman–Crippen MR) is 86.4 cm³/mol. The number of carbonyl (C=O) groups excluding carboxylic acids is 1. The lowest BCUT2D eigenvalue weighted by atomic mass is 10.0. The smallest absolute Gasteiger partial charge is 0.319 e. The third-order valence-electron chi connectivity index (χ3n) is 3.50. The molecular weight excluding hydrogens is 361 g/mol. The van der Waals surface area contributed by atoms with Gasteiger partial charge >= 0.3 is 6.03 Å². The number of nitrogens with one attached hydrogen (secondary N) is 1. The number of anilines is 1. The Labute approximate surface area is 137 Å². The summed E-state index contributed by atoms with van der Waals surface area (Å²) in [6.07, 6.45) is 1.67. The number of benzene rings is 1. The summed E-state index contributed by atoms with van der Waals surface area (Å²) in [5, 5.41) is 3.69. The monoisotopic (exact) mass is 377 g/mol. The Morgan fingerprint density at radius 2 is 2.05 bits per heavy atom. The van der Waals surface area contributed by atoms with Gasteiger partial charge in [0, 0.05) is 37.7 Å². The second-order valence-corrected chi connectivity index (χ2v) is 6.59. The number of carbonyl (C=O) groups is 1. The van der Waals surface area contributed by atoms with Crippen molar-refractivity contribution in [2.75, 3.05) is 32.5 Å². The van der Waals surface area contributed by atoms with Crippen molar-refractivity contribution in [2.24, 2.45) is 0 Å². The first-order valence-corrected chi connectivity index (χ1v) is 7.93. The lowest BCUT2D eigenvalue weighted by molar-refractivity contribution is 0.158. The first-order chi connectivity index (χ1) is 9.88. The molecule has 1 heterocycles. The molecule has 21 heavy (non-hydrogen) atoms. The van der Waals surface area contributed by atoms with E-state index >= 15 is 0 Å². The molecule has 1 aliphatic rings. The zero-order chi connectivity index (χ0) is 15.6. The van der Waals surface area contributed by atoms with Gasteiger partial charge in [-0.1, -0.05) is 11.6 Å². The van der Waals surface area contributed by atoms with Crippen molar-refractivity contribution in [3.63, 3.8) is 0 Å². The topological polar surface area (TPSA) is 35.6 Å². The second-order valence-electron chi connectivity index (χ2n) is 5.33. The van der Waals surface area contributed by atoms with Gasteiger partial charge in [0.1, 0.15) is 5.82 Å². The Kier molecular flexibility index (Phi) is 5.32. The SMILES string of the molecule is CN(C)C(=O)N1CCC(Nc2c(Cl)cc(F)cc2Br)CC1. The van der Waals surface area contributed by atoms with Gasteiger partial charge in [0.2, 0.25) is 0 Å². The van der Waals surface area contributed by atoms with Crippen molar-refractivity contribution in [2.45, 2.75) is 18.9 Å². The quantitative estimate of drug-likeness (QED) is 0.849. The molecule has 1 aromatic carbocycles. The molecule has 1 aliphatic heterocycles. The molecule has 116 valence electrons. The molecule has 0 spiro atoms. The van der Waals surface area contributed by atoms with E-state index in [0.717, 1.165) is 12.8 Å². The number of hydrogen-bond donors (Lipinski definition) is 1. The van der Waals surface area contributed by atoms with Crippen molar-refractivity contribution in [1.82, 2.24) is 9.80 Å². The van der Waals surface area contributed by atoms with E-state index in [1.807, 2.05) is 4.90 Å². The normalized spacial score (nSPS) is 16.0. The van der Waals surface area contributed by atoms with Crippen molar-refractivity contribution in [1.29, 1.82) is 0 Å². The lowest BCUT2D eigenvalue weighted by Crippen LogP contribution is -2.46. The highest BCUT2D eigenvalue weighted by Crippen LogP contribution is 2.33. The molecule has 0 radical (unpaired) electrons. The summed E-state index contributed by atoms with van der Waals surface area (Å²) in [7, 11) is 3.50. The summed E-state index contributed by atoms with van der Waals surface area (Å²) in [6.45, 7) is 1.40. The van der Waals surface area contributed by atoms with E-state index in [4.69, 9.17) is 11.6 Å². The van der Waals surface area contributed by atoms with Crippen LogP contribution in [0.3, 0.4) is 0 Å². The minimum atomic E-state index is -0.371. The maximum atomic E-state index is 13.2. The Balaban J connectivity index is 1.97. The highest BCUT2D eigenvalue weighted by atomic mass is 79.9. The number of urea groups is 1. The van der Waals surface area contributed by atoms with Crippen LogP contribution in [0.15, 0.2) is 16.6 Å².